The maximum Gasteiger partial charge on any atom is 0.128 e. The molecule has 108 valence electrons. The van der Waals surface area contributed by atoms with Gasteiger partial charge in [0.25, 0.3) is 0 Å². The molecular formula is C18H16F2O. The van der Waals surface area contributed by atoms with Gasteiger partial charge in [0.15, 0.2) is 0 Å². The largest absolute Gasteiger partial charge is 0.379 e. The number of ether oxygens (including phenoxy) is 1. The average Bonchev–Trinajstić information content (AvgIpc) is 2.51. The van der Waals surface area contributed by atoms with Crippen LogP contribution in [-0.2, 0) is 10.2 Å². The number of hydrogen-bond acceptors (Lipinski definition) is 1. The Bertz CT molecular complexity index is 643. The van der Waals surface area contributed by atoms with Gasteiger partial charge in [-0.15, -0.1) is 6.42 Å². The fraction of sp³-hybridized carbons (Fsp3) is 0.222. The molecule has 0 aromatic heterocycles. The number of hydrogen-bond donors (Lipinski definition) is 0. The Morgan fingerprint density at radius 1 is 1.10 bits per heavy atom. The lowest BCUT2D eigenvalue weighted by Gasteiger charge is -2.29. The smallest absolute Gasteiger partial charge is 0.128 e. The predicted molar refractivity (Wildman–Crippen MR) is 78.9 cm³/mol. The zero-order chi connectivity index (χ0) is 15.3. The Hall–Kier alpha value is -2.18. The third-order valence-corrected chi connectivity index (χ3v) is 3.44. The molecule has 0 saturated heterocycles. The summed E-state index contributed by atoms with van der Waals surface area (Å²) >= 11 is 0. The molecule has 2 aromatic carbocycles. The summed E-state index contributed by atoms with van der Waals surface area (Å²) in [6.45, 7) is 2.43. The van der Waals surface area contributed by atoms with Gasteiger partial charge in [-0.25, -0.2) is 8.78 Å². The summed E-state index contributed by atoms with van der Waals surface area (Å²) in [4.78, 5) is 0. The van der Waals surface area contributed by atoms with E-state index in [0.29, 0.717) is 17.7 Å². The summed E-state index contributed by atoms with van der Waals surface area (Å²) in [7, 11) is 0. The lowest BCUT2D eigenvalue weighted by Crippen LogP contribution is -2.33. The minimum Gasteiger partial charge on any atom is -0.379 e. The molecule has 0 spiro atoms. The Labute approximate surface area is 123 Å². The van der Waals surface area contributed by atoms with Gasteiger partial charge in [0.1, 0.15) is 17.0 Å². The zero-order valence-corrected chi connectivity index (χ0v) is 11.8. The first-order valence-corrected chi connectivity index (χ1v) is 6.70. The SMILES string of the molecule is C#CC(COCC)(c1ccc(F)cc1)c1ccccc1F. The molecule has 0 aliphatic heterocycles. The van der Waals surface area contributed by atoms with Crippen LogP contribution in [0.3, 0.4) is 0 Å². The molecule has 1 unspecified atom stereocenters. The van der Waals surface area contributed by atoms with E-state index >= 15 is 0 Å². The van der Waals surface area contributed by atoms with Gasteiger partial charge in [0.05, 0.1) is 6.61 Å². The van der Waals surface area contributed by atoms with Gasteiger partial charge in [-0.05, 0) is 30.7 Å². The molecule has 0 fully saturated rings. The van der Waals surface area contributed by atoms with Gasteiger partial charge in [-0.3, -0.25) is 0 Å². The summed E-state index contributed by atoms with van der Waals surface area (Å²) < 4.78 is 32.9. The van der Waals surface area contributed by atoms with Crippen molar-refractivity contribution in [3.8, 4) is 12.3 Å². The summed E-state index contributed by atoms with van der Waals surface area (Å²) in [5, 5.41) is 0. The standard InChI is InChI=1S/C18H16F2O/c1-3-18(13-21-4-2,14-9-11-15(19)12-10-14)16-7-5-6-8-17(16)20/h1,5-12H,4,13H2,2H3. The van der Waals surface area contributed by atoms with Crippen molar-refractivity contribution >= 4 is 0 Å². The van der Waals surface area contributed by atoms with Crippen LogP contribution in [0.5, 0.6) is 0 Å². The molecule has 0 saturated carbocycles. The van der Waals surface area contributed by atoms with Gasteiger partial charge in [-0.2, -0.15) is 0 Å². The molecule has 1 atom stereocenters. The van der Waals surface area contributed by atoms with Crippen molar-refractivity contribution in [3.63, 3.8) is 0 Å². The van der Waals surface area contributed by atoms with Crippen LogP contribution in [0.2, 0.25) is 0 Å². The van der Waals surface area contributed by atoms with Crippen LogP contribution >= 0.6 is 0 Å². The van der Waals surface area contributed by atoms with Crippen LogP contribution in [0.4, 0.5) is 8.78 Å². The molecule has 0 aliphatic carbocycles. The molecular weight excluding hydrogens is 270 g/mol. The molecule has 0 N–H and O–H groups in total. The second kappa shape index (κ2) is 6.51. The van der Waals surface area contributed by atoms with Crippen LogP contribution < -0.4 is 0 Å². The van der Waals surface area contributed by atoms with Crippen LogP contribution in [0.1, 0.15) is 18.1 Å². The molecule has 0 amide bonds. The number of benzene rings is 2. The lowest BCUT2D eigenvalue weighted by atomic mass is 9.75. The van der Waals surface area contributed by atoms with Crippen molar-refractivity contribution in [1.82, 2.24) is 0 Å². The van der Waals surface area contributed by atoms with Gasteiger partial charge in [-0.1, -0.05) is 36.3 Å². The molecule has 21 heavy (non-hydrogen) atoms. The van der Waals surface area contributed by atoms with Crippen molar-refractivity contribution in [2.24, 2.45) is 0 Å². The normalized spacial score (nSPS) is 13.4. The van der Waals surface area contributed by atoms with Gasteiger partial charge >= 0.3 is 0 Å². The van der Waals surface area contributed by atoms with Crippen molar-refractivity contribution in [2.75, 3.05) is 13.2 Å². The quantitative estimate of drug-likeness (QED) is 0.757. The Balaban J connectivity index is 2.61. The number of halogens is 2. The topological polar surface area (TPSA) is 9.23 Å². The minimum absolute atomic E-state index is 0.132. The maximum absolute atomic E-state index is 14.2. The highest BCUT2D eigenvalue weighted by molar-refractivity contribution is 5.48. The molecule has 0 radical (unpaired) electrons. The highest BCUT2D eigenvalue weighted by Gasteiger charge is 2.35. The van der Waals surface area contributed by atoms with Gasteiger partial charge in [0, 0.05) is 12.2 Å². The van der Waals surface area contributed by atoms with E-state index in [-0.39, 0.29) is 12.4 Å². The predicted octanol–water partition coefficient (Wildman–Crippen LogP) is 3.92. The fourth-order valence-corrected chi connectivity index (χ4v) is 2.32. The van der Waals surface area contributed by atoms with Crippen molar-refractivity contribution in [2.45, 2.75) is 12.3 Å². The second-order valence-corrected chi connectivity index (χ2v) is 4.67. The first kappa shape index (κ1) is 15.2. The molecule has 3 heteroatoms. The lowest BCUT2D eigenvalue weighted by molar-refractivity contribution is 0.123. The first-order chi connectivity index (χ1) is 10.1. The maximum atomic E-state index is 14.2. The Morgan fingerprint density at radius 2 is 1.76 bits per heavy atom. The molecule has 0 bridgehead atoms. The molecule has 0 heterocycles. The van der Waals surface area contributed by atoms with E-state index in [1.807, 2.05) is 6.92 Å². The zero-order valence-electron chi connectivity index (χ0n) is 11.8. The van der Waals surface area contributed by atoms with Crippen molar-refractivity contribution in [1.29, 1.82) is 0 Å². The van der Waals surface area contributed by atoms with Gasteiger partial charge < -0.3 is 4.74 Å². The first-order valence-electron chi connectivity index (χ1n) is 6.70. The van der Waals surface area contributed by atoms with Crippen LogP contribution in [0, 0.1) is 24.0 Å². The monoisotopic (exact) mass is 286 g/mol. The van der Waals surface area contributed by atoms with E-state index in [1.165, 1.54) is 18.2 Å². The van der Waals surface area contributed by atoms with Gasteiger partial charge in [0.2, 0.25) is 0 Å². The average molecular weight is 286 g/mol. The summed E-state index contributed by atoms with van der Waals surface area (Å²) in [5.41, 5.74) is -0.0905. The third-order valence-electron chi connectivity index (χ3n) is 3.44. The van der Waals surface area contributed by atoms with E-state index in [2.05, 4.69) is 5.92 Å². The van der Waals surface area contributed by atoms with Crippen LogP contribution in [0.15, 0.2) is 48.5 Å². The molecule has 1 nitrogen and oxygen atoms in total. The highest BCUT2D eigenvalue weighted by atomic mass is 19.1. The molecule has 2 rings (SSSR count). The fourth-order valence-electron chi connectivity index (χ4n) is 2.32. The summed E-state index contributed by atoms with van der Waals surface area (Å²) in [6, 6.07) is 12.1. The second-order valence-electron chi connectivity index (χ2n) is 4.67. The molecule has 0 aliphatic rings. The molecule has 2 aromatic rings. The van der Waals surface area contributed by atoms with Crippen LogP contribution in [-0.4, -0.2) is 13.2 Å². The van der Waals surface area contributed by atoms with E-state index in [0.717, 1.165) is 0 Å². The van der Waals surface area contributed by atoms with E-state index in [1.54, 1.807) is 30.3 Å². The van der Waals surface area contributed by atoms with E-state index < -0.39 is 11.2 Å². The third kappa shape index (κ3) is 2.96. The number of rotatable bonds is 5. The van der Waals surface area contributed by atoms with E-state index in [4.69, 9.17) is 11.2 Å². The van der Waals surface area contributed by atoms with Crippen molar-refractivity contribution < 1.29 is 13.5 Å². The Kier molecular flexibility index (Phi) is 4.72. The van der Waals surface area contributed by atoms with Crippen LogP contribution in [0.25, 0.3) is 0 Å². The summed E-state index contributed by atoms with van der Waals surface area (Å²) in [6.07, 6.45) is 5.73. The van der Waals surface area contributed by atoms with E-state index in [9.17, 15) is 8.78 Å². The summed E-state index contributed by atoms with van der Waals surface area (Å²) in [5.74, 6) is 1.89. The van der Waals surface area contributed by atoms with Crippen molar-refractivity contribution in [3.05, 3.63) is 71.3 Å². The highest BCUT2D eigenvalue weighted by Crippen LogP contribution is 2.34. The Morgan fingerprint density at radius 3 is 2.33 bits per heavy atom. The number of terminal acetylenes is 1. The minimum atomic E-state index is -1.07.